The first-order valence-corrected chi connectivity index (χ1v) is 10.0. The lowest BCUT2D eigenvalue weighted by atomic mass is 10.3. The fourth-order valence-corrected chi connectivity index (χ4v) is 4.82. The number of sulfone groups is 1. The van der Waals surface area contributed by atoms with E-state index in [1.165, 1.54) is 11.3 Å². The number of rotatable bonds is 8. The van der Waals surface area contributed by atoms with Crippen molar-refractivity contribution in [2.24, 2.45) is 0 Å². The van der Waals surface area contributed by atoms with E-state index in [9.17, 15) is 8.42 Å². The number of aromatic nitrogens is 1. The summed E-state index contributed by atoms with van der Waals surface area (Å²) < 4.78 is 23.9. The van der Waals surface area contributed by atoms with E-state index < -0.39 is 9.84 Å². The second-order valence-corrected chi connectivity index (χ2v) is 8.35. The van der Waals surface area contributed by atoms with Gasteiger partial charge in [0.15, 0.2) is 9.84 Å². The Hall–Kier alpha value is -0.760. The summed E-state index contributed by atoms with van der Waals surface area (Å²) in [5, 5.41) is 15.3. The number of unbranched alkanes of at least 4 members (excludes halogenated alkanes) is 2. The fraction of sp³-hybridized carbons (Fsp3) is 0.462. The lowest BCUT2D eigenvalue weighted by Gasteiger charge is -2.01. The number of thiazole rings is 1. The van der Waals surface area contributed by atoms with E-state index in [2.05, 4.69) is 4.98 Å². The van der Waals surface area contributed by atoms with Crippen molar-refractivity contribution in [3.63, 3.8) is 0 Å². The molecular weight excluding hydrogens is 314 g/mol. The van der Waals surface area contributed by atoms with Crippen molar-refractivity contribution in [2.45, 2.75) is 25.0 Å². The lowest BCUT2D eigenvalue weighted by molar-refractivity contribution is 0.284. The third kappa shape index (κ3) is 4.66. The molecule has 0 saturated heterocycles. The number of aliphatic hydroxyl groups excluding tert-OH is 1. The van der Waals surface area contributed by atoms with Gasteiger partial charge in [0.2, 0.25) is 0 Å². The summed E-state index contributed by atoms with van der Waals surface area (Å²) in [4.78, 5) is 4.39. The molecule has 2 aromatic rings. The van der Waals surface area contributed by atoms with Gasteiger partial charge in [0.05, 0.1) is 17.2 Å². The fourth-order valence-electron chi connectivity index (χ4n) is 1.80. The van der Waals surface area contributed by atoms with Crippen LogP contribution in [0.1, 0.15) is 25.0 Å². The van der Waals surface area contributed by atoms with Crippen LogP contribution in [0.3, 0.4) is 0 Å². The number of hydrogen-bond acceptors (Lipinski definition) is 6. The van der Waals surface area contributed by atoms with E-state index in [1.807, 2.05) is 22.2 Å². The summed E-state index contributed by atoms with van der Waals surface area (Å²) in [5.74, 6) is 0.172. The number of nitrogens with zero attached hydrogens (tertiary/aromatic N) is 1. The molecule has 0 aliphatic rings. The average molecular weight is 331 g/mol. The molecule has 2 heterocycles. The van der Waals surface area contributed by atoms with Crippen molar-refractivity contribution in [3.05, 3.63) is 27.9 Å². The molecule has 0 spiro atoms. The Morgan fingerprint density at radius 3 is 2.75 bits per heavy atom. The maximum atomic E-state index is 12.0. The van der Waals surface area contributed by atoms with Gasteiger partial charge in [-0.05, 0) is 24.3 Å². The van der Waals surface area contributed by atoms with Gasteiger partial charge in [-0.2, -0.15) is 11.3 Å². The summed E-state index contributed by atoms with van der Waals surface area (Å²) in [7, 11) is -3.11. The van der Waals surface area contributed by atoms with Gasteiger partial charge in [-0.15, -0.1) is 11.3 Å². The first-order chi connectivity index (χ1) is 9.61. The Kier molecular flexibility index (Phi) is 5.71. The highest BCUT2D eigenvalue weighted by Gasteiger charge is 2.14. The molecule has 0 bridgehead atoms. The van der Waals surface area contributed by atoms with E-state index in [-0.39, 0.29) is 18.1 Å². The topological polar surface area (TPSA) is 67.3 Å². The second-order valence-electron chi connectivity index (χ2n) is 4.53. The van der Waals surface area contributed by atoms with Crippen molar-refractivity contribution in [3.8, 4) is 10.6 Å². The van der Waals surface area contributed by atoms with Crippen molar-refractivity contribution < 1.29 is 13.5 Å². The maximum absolute atomic E-state index is 12.0. The van der Waals surface area contributed by atoms with Gasteiger partial charge in [-0.25, -0.2) is 13.4 Å². The number of hydrogen-bond donors (Lipinski definition) is 1. The molecule has 1 N–H and O–H groups in total. The molecule has 110 valence electrons. The molecule has 4 nitrogen and oxygen atoms in total. The minimum Gasteiger partial charge on any atom is -0.396 e. The van der Waals surface area contributed by atoms with Gasteiger partial charge >= 0.3 is 0 Å². The van der Waals surface area contributed by atoms with Crippen LogP contribution in [0.2, 0.25) is 0 Å². The molecule has 2 rings (SSSR count). The Bertz CT molecular complexity index is 617. The Labute approximate surface area is 127 Å². The van der Waals surface area contributed by atoms with E-state index >= 15 is 0 Å². The largest absolute Gasteiger partial charge is 0.396 e. The van der Waals surface area contributed by atoms with Crippen molar-refractivity contribution in [1.82, 2.24) is 4.98 Å². The van der Waals surface area contributed by atoms with Gasteiger partial charge < -0.3 is 5.11 Å². The van der Waals surface area contributed by atoms with Crippen LogP contribution in [0.25, 0.3) is 10.6 Å². The van der Waals surface area contributed by atoms with Crippen LogP contribution in [0, 0.1) is 0 Å². The summed E-state index contributed by atoms with van der Waals surface area (Å²) in [5.41, 5.74) is 1.67. The summed E-state index contributed by atoms with van der Waals surface area (Å²) in [6, 6.07) is 1.98. The molecule has 0 fully saturated rings. The molecule has 7 heteroatoms. The van der Waals surface area contributed by atoms with Crippen molar-refractivity contribution >= 4 is 32.5 Å². The SMILES string of the molecule is O=S(=O)(CCCCCO)Cc1csc(-c2ccsc2)n1. The zero-order chi connectivity index (χ0) is 14.4. The van der Waals surface area contributed by atoms with E-state index in [4.69, 9.17) is 5.11 Å². The minimum atomic E-state index is -3.11. The summed E-state index contributed by atoms with van der Waals surface area (Å²) in [6.07, 6.45) is 2.01. The predicted molar refractivity (Wildman–Crippen MR) is 83.9 cm³/mol. The van der Waals surface area contributed by atoms with Gasteiger partial charge in [0.25, 0.3) is 0 Å². The second kappa shape index (κ2) is 7.31. The summed E-state index contributed by atoms with van der Waals surface area (Å²) >= 11 is 3.08. The first kappa shape index (κ1) is 15.6. The van der Waals surface area contributed by atoms with Gasteiger partial charge in [-0.3, -0.25) is 0 Å². The number of aliphatic hydroxyl groups is 1. The first-order valence-electron chi connectivity index (χ1n) is 6.39. The van der Waals surface area contributed by atoms with Crippen LogP contribution in [-0.4, -0.2) is 30.9 Å². The Morgan fingerprint density at radius 2 is 2.05 bits per heavy atom. The predicted octanol–water partition coefficient (Wildman–Crippen LogP) is 2.95. The van der Waals surface area contributed by atoms with Crippen LogP contribution in [0.15, 0.2) is 22.2 Å². The smallest absolute Gasteiger partial charge is 0.156 e. The van der Waals surface area contributed by atoms with Crippen molar-refractivity contribution in [2.75, 3.05) is 12.4 Å². The normalized spacial score (nSPS) is 11.8. The van der Waals surface area contributed by atoms with Crippen LogP contribution in [0.4, 0.5) is 0 Å². The van der Waals surface area contributed by atoms with Crippen LogP contribution in [0.5, 0.6) is 0 Å². The Morgan fingerprint density at radius 1 is 1.20 bits per heavy atom. The molecule has 0 unspecified atom stereocenters. The molecule has 2 aromatic heterocycles. The standard InChI is InChI=1S/C13H17NO3S3/c15-5-2-1-3-7-20(16,17)10-12-9-19-13(14-12)11-4-6-18-8-11/h4,6,8-9,15H,1-3,5,7,10H2. The number of thiophene rings is 1. The van der Waals surface area contributed by atoms with E-state index in [1.54, 1.807) is 11.3 Å². The third-order valence-corrected chi connectivity index (χ3v) is 6.07. The van der Waals surface area contributed by atoms with Gasteiger partial charge in [-0.1, -0.05) is 6.42 Å². The quantitative estimate of drug-likeness (QED) is 0.755. The molecule has 0 aliphatic carbocycles. The average Bonchev–Trinajstić information content (AvgIpc) is 3.04. The Balaban J connectivity index is 1.92. The maximum Gasteiger partial charge on any atom is 0.156 e. The molecule has 20 heavy (non-hydrogen) atoms. The van der Waals surface area contributed by atoms with Crippen molar-refractivity contribution in [1.29, 1.82) is 0 Å². The van der Waals surface area contributed by atoms with Gasteiger partial charge in [0, 0.05) is 22.9 Å². The summed E-state index contributed by atoms with van der Waals surface area (Å²) in [6.45, 7) is 0.121. The molecule has 0 amide bonds. The van der Waals surface area contributed by atoms with E-state index in [0.717, 1.165) is 17.0 Å². The molecular formula is C13H17NO3S3. The van der Waals surface area contributed by atoms with Gasteiger partial charge in [0.1, 0.15) is 5.01 Å². The molecule has 0 atom stereocenters. The minimum absolute atomic E-state index is 0.00671. The molecule has 0 radical (unpaired) electrons. The highest BCUT2D eigenvalue weighted by Crippen LogP contribution is 2.26. The zero-order valence-corrected chi connectivity index (χ0v) is 13.4. The highest BCUT2D eigenvalue weighted by molar-refractivity contribution is 7.90. The lowest BCUT2D eigenvalue weighted by Crippen LogP contribution is -2.09. The zero-order valence-electron chi connectivity index (χ0n) is 11.0. The molecule has 0 aliphatic heterocycles. The highest BCUT2D eigenvalue weighted by atomic mass is 32.2. The van der Waals surface area contributed by atoms with Crippen LogP contribution in [-0.2, 0) is 15.6 Å². The molecule has 0 aromatic carbocycles. The van der Waals surface area contributed by atoms with Crippen LogP contribution >= 0.6 is 22.7 Å². The third-order valence-electron chi connectivity index (χ3n) is 2.80. The monoisotopic (exact) mass is 331 g/mol. The van der Waals surface area contributed by atoms with Crippen LogP contribution < -0.4 is 0 Å². The van der Waals surface area contributed by atoms with E-state index in [0.29, 0.717) is 18.5 Å². The molecule has 0 saturated carbocycles.